The largest absolute Gasteiger partial charge is 0.493 e. The molecule has 2 aromatic carbocycles. The maximum atomic E-state index is 12.3. The molecule has 4 rings (SSSR count). The van der Waals surface area contributed by atoms with Crippen LogP contribution in [0.5, 0.6) is 5.88 Å². The lowest BCUT2D eigenvalue weighted by Crippen LogP contribution is -2.43. The Morgan fingerprint density at radius 1 is 1.12 bits per heavy atom. The molecule has 0 saturated carbocycles. The van der Waals surface area contributed by atoms with Gasteiger partial charge in [-0.2, -0.15) is 0 Å². The number of terminal acetylenes is 1. The molecule has 0 spiro atoms. The summed E-state index contributed by atoms with van der Waals surface area (Å²) in [6.45, 7) is 3.27. The van der Waals surface area contributed by atoms with E-state index in [1.54, 1.807) is 4.57 Å². The predicted octanol–water partition coefficient (Wildman–Crippen LogP) is 3.84. The van der Waals surface area contributed by atoms with E-state index in [0.29, 0.717) is 5.39 Å². The van der Waals surface area contributed by atoms with Crippen LogP contribution < -0.4 is 5.32 Å². The van der Waals surface area contributed by atoms with Crippen molar-refractivity contribution in [3.8, 4) is 18.2 Å². The molecule has 0 aliphatic carbocycles. The number of hydrogen-bond acceptors (Lipinski definition) is 5. The van der Waals surface area contributed by atoms with Crippen molar-refractivity contribution >= 4 is 22.5 Å². The van der Waals surface area contributed by atoms with Gasteiger partial charge in [0.2, 0.25) is 5.88 Å². The first-order chi connectivity index (χ1) is 15.7. The van der Waals surface area contributed by atoms with E-state index in [4.69, 9.17) is 6.42 Å². The van der Waals surface area contributed by atoms with Crippen LogP contribution in [0.4, 0.5) is 5.69 Å². The Kier molecular flexibility index (Phi) is 6.95. The van der Waals surface area contributed by atoms with Gasteiger partial charge in [-0.1, -0.05) is 54.5 Å². The SMILES string of the molecule is C#CCn1c(O)c(N=NC(=O)CNC2CCN(Cc3ccccc3)CC2)c2ccccc21. The molecule has 2 N–H and O–H groups in total. The van der Waals surface area contributed by atoms with Crippen molar-refractivity contribution in [2.75, 3.05) is 19.6 Å². The lowest BCUT2D eigenvalue weighted by Gasteiger charge is -2.32. The Morgan fingerprint density at radius 2 is 1.84 bits per heavy atom. The summed E-state index contributed by atoms with van der Waals surface area (Å²) in [6.07, 6.45) is 7.38. The summed E-state index contributed by atoms with van der Waals surface area (Å²) in [5.41, 5.74) is 2.34. The third kappa shape index (κ3) is 5.05. The van der Waals surface area contributed by atoms with Gasteiger partial charge in [-0.15, -0.1) is 16.7 Å². The van der Waals surface area contributed by atoms with Gasteiger partial charge in [-0.25, -0.2) is 0 Å². The normalized spacial score (nSPS) is 15.3. The zero-order valence-electron chi connectivity index (χ0n) is 17.9. The maximum absolute atomic E-state index is 12.3. The number of likely N-dealkylation sites (tertiary alicyclic amines) is 1. The Balaban J connectivity index is 1.30. The number of rotatable bonds is 7. The zero-order chi connectivity index (χ0) is 22.3. The number of fused-ring (bicyclic) bond motifs is 1. The molecule has 1 aromatic heterocycles. The number of amides is 1. The Labute approximate surface area is 187 Å². The van der Waals surface area contributed by atoms with Gasteiger partial charge in [0.05, 0.1) is 18.6 Å². The van der Waals surface area contributed by atoms with Gasteiger partial charge in [0.25, 0.3) is 5.91 Å². The van der Waals surface area contributed by atoms with Crippen LogP contribution in [-0.2, 0) is 17.9 Å². The molecule has 1 fully saturated rings. The minimum atomic E-state index is -0.370. The molecular formula is C25H27N5O2. The smallest absolute Gasteiger partial charge is 0.278 e. The summed E-state index contributed by atoms with van der Waals surface area (Å²) in [5, 5.41) is 22.4. The molecule has 1 amide bonds. The molecule has 7 nitrogen and oxygen atoms in total. The fraction of sp³-hybridized carbons (Fsp3) is 0.320. The number of carbonyl (C=O) groups is 1. The fourth-order valence-electron chi connectivity index (χ4n) is 4.13. The van der Waals surface area contributed by atoms with Gasteiger partial charge >= 0.3 is 0 Å². The molecule has 0 radical (unpaired) electrons. The van der Waals surface area contributed by atoms with E-state index in [2.05, 4.69) is 50.6 Å². The summed E-state index contributed by atoms with van der Waals surface area (Å²) in [7, 11) is 0. The van der Waals surface area contributed by atoms with Crippen molar-refractivity contribution in [3.63, 3.8) is 0 Å². The topological polar surface area (TPSA) is 82.2 Å². The first-order valence-electron chi connectivity index (χ1n) is 10.8. The summed E-state index contributed by atoms with van der Waals surface area (Å²) in [5.74, 6) is 2.06. The van der Waals surface area contributed by atoms with E-state index in [0.717, 1.165) is 38.0 Å². The van der Waals surface area contributed by atoms with Crippen molar-refractivity contribution in [2.45, 2.75) is 32.0 Å². The van der Waals surface area contributed by atoms with Gasteiger partial charge in [-0.3, -0.25) is 14.3 Å². The van der Waals surface area contributed by atoms with Crippen LogP contribution in [0.1, 0.15) is 18.4 Å². The molecular weight excluding hydrogens is 402 g/mol. The van der Waals surface area contributed by atoms with Crippen LogP contribution in [0.2, 0.25) is 0 Å². The number of aromatic hydroxyl groups is 1. The van der Waals surface area contributed by atoms with Crippen molar-refractivity contribution in [2.24, 2.45) is 10.2 Å². The van der Waals surface area contributed by atoms with Gasteiger partial charge in [0, 0.05) is 18.0 Å². The average molecular weight is 430 g/mol. The summed E-state index contributed by atoms with van der Waals surface area (Å²) >= 11 is 0. The maximum Gasteiger partial charge on any atom is 0.278 e. The minimum Gasteiger partial charge on any atom is -0.493 e. The van der Waals surface area contributed by atoms with Crippen LogP contribution in [0.25, 0.3) is 10.9 Å². The number of aromatic nitrogens is 1. The predicted molar refractivity (Wildman–Crippen MR) is 125 cm³/mol. The zero-order valence-corrected chi connectivity index (χ0v) is 17.9. The Morgan fingerprint density at radius 3 is 2.59 bits per heavy atom. The molecule has 1 saturated heterocycles. The molecule has 0 unspecified atom stereocenters. The summed E-state index contributed by atoms with van der Waals surface area (Å²) in [6, 6.07) is 18.1. The molecule has 7 heteroatoms. The van der Waals surface area contributed by atoms with Gasteiger partial charge < -0.3 is 10.4 Å². The van der Waals surface area contributed by atoms with E-state index < -0.39 is 0 Å². The van der Waals surface area contributed by atoms with Crippen molar-refractivity contribution in [1.82, 2.24) is 14.8 Å². The highest BCUT2D eigenvalue weighted by Crippen LogP contribution is 2.38. The highest BCUT2D eigenvalue weighted by molar-refractivity contribution is 5.95. The molecule has 3 aromatic rings. The van der Waals surface area contributed by atoms with Crippen LogP contribution in [-0.4, -0.2) is 46.2 Å². The molecule has 1 aliphatic heterocycles. The average Bonchev–Trinajstić information content (AvgIpc) is 3.09. The number of hydrogen-bond donors (Lipinski definition) is 2. The third-order valence-electron chi connectivity index (χ3n) is 5.81. The first-order valence-corrected chi connectivity index (χ1v) is 10.8. The molecule has 0 atom stereocenters. The van der Waals surface area contributed by atoms with Gasteiger partial charge in [-0.05, 0) is 37.6 Å². The second-order valence-electron chi connectivity index (χ2n) is 7.99. The second-order valence-corrected chi connectivity index (χ2v) is 7.99. The number of nitrogens with zero attached hydrogens (tertiary/aromatic N) is 4. The molecule has 2 heterocycles. The molecule has 164 valence electrons. The minimum absolute atomic E-state index is 0.0838. The number of benzene rings is 2. The van der Waals surface area contributed by atoms with Crippen molar-refractivity contribution in [3.05, 3.63) is 60.2 Å². The van der Waals surface area contributed by atoms with Gasteiger partial charge in [0.1, 0.15) is 0 Å². The Hall–Kier alpha value is -3.47. The molecule has 32 heavy (non-hydrogen) atoms. The third-order valence-corrected chi connectivity index (χ3v) is 5.81. The number of para-hydroxylation sites is 1. The van der Waals surface area contributed by atoms with Crippen molar-refractivity contribution < 1.29 is 9.90 Å². The Bertz CT molecular complexity index is 1140. The van der Waals surface area contributed by atoms with Gasteiger partial charge in [0.15, 0.2) is 5.69 Å². The number of azo groups is 1. The van der Waals surface area contributed by atoms with E-state index >= 15 is 0 Å². The van der Waals surface area contributed by atoms with E-state index in [1.807, 2.05) is 30.3 Å². The fourth-order valence-corrected chi connectivity index (χ4v) is 4.13. The van der Waals surface area contributed by atoms with E-state index in [-0.39, 0.29) is 36.6 Å². The van der Waals surface area contributed by atoms with E-state index in [1.165, 1.54) is 5.56 Å². The van der Waals surface area contributed by atoms with Crippen LogP contribution in [0.3, 0.4) is 0 Å². The highest BCUT2D eigenvalue weighted by atomic mass is 16.3. The number of nitrogens with one attached hydrogen (secondary N) is 1. The summed E-state index contributed by atoms with van der Waals surface area (Å²) in [4.78, 5) is 14.7. The molecule has 0 bridgehead atoms. The summed E-state index contributed by atoms with van der Waals surface area (Å²) < 4.78 is 1.58. The number of piperidine rings is 1. The lowest BCUT2D eigenvalue weighted by molar-refractivity contribution is -0.117. The van der Waals surface area contributed by atoms with E-state index in [9.17, 15) is 9.90 Å². The number of carbonyl (C=O) groups excluding carboxylic acids is 1. The lowest BCUT2D eigenvalue weighted by atomic mass is 10.0. The second kappa shape index (κ2) is 10.2. The van der Waals surface area contributed by atoms with Crippen LogP contribution in [0.15, 0.2) is 64.8 Å². The van der Waals surface area contributed by atoms with Crippen LogP contribution >= 0.6 is 0 Å². The quantitative estimate of drug-likeness (QED) is 0.442. The standard InChI is InChI=1S/C25H27N5O2/c1-2-14-30-22-11-7-6-10-21(22)24(25(30)32)28-27-23(31)17-26-20-12-15-29(16-13-20)18-19-8-4-3-5-9-19/h1,3-11,20,26,32H,12-18H2. The monoisotopic (exact) mass is 429 g/mol. The highest BCUT2D eigenvalue weighted by Gasteiger charge is 2.20. The van der Waals surface area contributed by atoms with Crippen LogP contribution in [0, 0.1) is 12.3 Å². The van der Waals surface area contributed by atoms with Crippen molar-refractivity contribution in [1.29, 1.82) is 0 Å². The molecule has 1 aliphatic rings. The first kappa shape index (κ1) is 21.8.